The molecule has 0 bridgehead atoms. The molecule has 0 N–H and O–H groups in total. The number of benzene rings is 1. The van der Waals surface area contributed by atoms with Crippen molar-refractivity contribution in [3.05, 3.63) is 59.4 Å². The Labute approximate surface area is 138 Å². The van der Waals surface area contributed by atoms with E-state index >= 15 is 0 Å². The molecule has 0 radical (unpaired) electrons. The molecule has 1 aromatic carbocycles. The van der Waals surface area contributed by atoms with E-state index in [1.807, 2.05) is 0 Å². The molecule has 4 nitrogen and oxygen atoms in total. The van der Waals surface area contributed by atoms with Crippen LogP contribution in [0.3, 0.4) is 0 Å². The Morgan fingerprint density at radius 2 is 1.80 bits per heavy atom. The van der Waals surface area contributed by atoms with E-state index in [1.54, 1.807) is 0 Å². The first-order valence-electron chi connectivity index (χ1n) is 7.19. The van der Waals surface area contributed by atoms with Crippen LogP contribution in [0.2, 0.25) is 0 Å². The van der Waals surface area contributed by atoms with E-state index in [4.69, 9.17) is 4.74 Å². The molecule has 0 atom stereocenters. The topological polar surface area (TPSA) is 42.4 Å². The van der Waals surface area contributed by atoms with E-state index in [0.29, 0.717) is 0 Å². The highest BCUT2D eigenvalue weighted by Crippen LogP contribution is 2.30. The minimum atomic E-state index is -4.59. The van der Waals surface area contributed by atoms with Gasteiger partial charge in [0.2, 0.25) is 0 Å². The minimum absolute atomic E-state index is 0.0102. The Bertz CT molecular complexity index is 783. The van der Waals surface area contributed by atoms with Gasteiger partial charge >= 0.3 is 6.18 Å². The highest BCUT2D eigenvalue weighted by molar-refractivity contribution is 5.95. The number of aromatic nitrogens is 1. The average Bonchev–Trinajstić information content (AvgIpc) is 2.49. The van der Waals surface area contributed by atoms with Crippen LogP contribution in [0.5, 0.6) is 5.75 Å². The SMILES string of the molecule is O=C(c1c(F)cccc1F)N1CC(Oc2ccnc(C(F)(F)F)c2)C1. The van der Waals surface area contributed by atoms with Crippen molar-refractivity contribution < 1.29 is 31.5 Å². The first-order chi connectivity index (χ1) is 11.8. The van der Waals surface area contributed by atoms with Crippen molar-refractivity contribution in [2.24, 2.45) is 0 Å². The van der Waals surface area contributed by atoms with E-state index in [2.05, 4.69) is 4.98 Å². The molecule has 1 saturated heterocycles. The second-order valence-electron chi connectivity index (χ2n) is 5.42. The average molecular weight is 358 g/mol. The Morgan fingerprint density at radius 1 is 1.16 bits per heavy atom. The lowest BCUT2D eigenvalue weighted by molar-refractivity contribution is -0.141. The van der Waals surface area contributed by atoms with Gasteiger partial charge in [0, 0.05) is 12.3 Å². The minimum Gasteiger partial charge on any atom is -0.487 e. The quantitative estimate of drug-likeness (QED) is 0.791. The maximum Gasteiger partial charge on any atom is 0.433 e. The molecule has 3 rings (SSSR count). The van der Waals surface area contributed by atoms with E-state index in [-0.39, 0.29) is 18.8 Å². The number of rotatable bonds is 3. The fourth-order valence-corrected chi connectivity index (χ4v) is 2.37. The predicted molar refractivity (Wildman–Crippen MR) is 75.9 cm³/mol. The van der Waals surface area contributed by atoms with Gasteiger partial charge in [-0.1, -0.05) is 6.07 Å². The summed E-state index contributed by atoms with van der Waals surface area (Å²) in [6, 6.07) is 5.10. The van der Waals surface area contributed by atoms with Crippen LogP contribution >= 0.6 is 0 Å². The molecule has 0 spiro atoms. The van der Waals surface area contributed by atoms with Crippen molar-refractivity contribution in [3.63, 3.8) is 0 Å². The summed E-state index contributed by atoms with van der Waals surface area (Å²) >= 11 is 0. The van der Waals surface area contributed by atoms with Crippen LogP contribution in [0.4, 0.5) is 22.0 Å². The Kier molecular flexibility index (Phi) is 4.32. The third kappa shape index (κ3) is 3.54. The molecule has 9 heteroatoms. The monoisotopic (exact) mass is 358 g/mol. The summed E-state index contributed by atoms with van der Waals surface area (Å²) < 4.78 is 70.3. The molecule has 1 aromatic heterocycles. The number of carbonyl (C=O) groups excluding carboxylic acids is 1. The van der Waals surface area contributed by atoms with Gasteiger partial charge in [-0.15, -0.1) is 0 Å². The summed E-state index contributed by atoms with van der Waals surface area (Å²) in [5, 5.41) is 0. The standard InChI is InChI=1S/C16H11F5N2O2/c17-11-2-1-3-12(18)14(11)15(24)23-7-10(8-23)25-9-4-5-22-13(6-9)16(19,20)21/h1-6,10H,7-8H2. The van der Waals surface area contributed by atoms with Gasteiger partial charge in [0.15, 0.2) is 0 Å². The molecule has 1 fully saturated rings. The zero-order chi connectivity index (χ0) is 18.2. The summed E-state index contributed by atoms with van der Waals surface area (Å²) in [4.78, 5) is 16.4. The van der Waals surface area contributed by atoms with Crippen LogP contribution in [-0.2, 0) is 6.18 Å². The van der Waals surface area contributed by atoms with E-state index in [1.165, 1.54) is 6.07 Å². The number of hydrogen-bond donors (Lipinski definition) is 0. The van der Waals surface area contributed by atoms with Gasteiger partial charge in [-0.25, -0.2) is 8.78 Å². The molecule has 0 aliphatic carbocycles. The summed E-state index contributed by atoms with van der Waals surface area (Å²) in [6.45, 7) is 0.0204. The highest BCUT2D eigenvalue weighted by atomic mass is 19.4. The van der Waals surface area contributed by atoms with Crippen LogP contribution < -0.4 is 4.74 Å². The van der Waals surface area contributed by atoms with Gasteiger partial charge < -0.3 is 9.64 Å². The predicted octanol–water partition coefficient (Wildman–Crippen LogP) is 3.28. The first kappa shape index (κ1) is 17.1. The molecule has 0 unspecified atom stereocenters. The second kappa shape index (κ2) is 6.30. The molecule has 1 aliphatic heterocycles. The number of halogens is 5. The summed E-state index contributed by atoms with van der Waals surface area (Å²) in [5.41, 5.74) is -1.75. The molecule has 1 aliphatic rings. The number of hydrogen-bond acceptors (Lipinski definition) is 3. The molecule has 1 amide bonds. The highest BCUT2D eigenvalue weighted by Gasteiger charge is 2.36. The third-order valence-electron chi connectivity index (χ3n) is 3.64. The molecule has 0 saturated carbocycles. The lowest BCUT2D eigenvalue weighted by atomic mass is 10.1. The molecular weight excluding hydrogens is 347 g/mol. The largest absolute Gasteiger partial charge is 0.487 e. The van der Waals surface area contributed by atoms with Crippen molar-refractivity contribution in [2.75, 3.05) is 13.1 Å². The molecule has 132 valence electrons. The molecule has 2 aromatic rings. The third-order valence-corrected chi connectivity index (χ3v) is 3.64. The van der Waals surface area contributed by atoms with Crippen molar-refractivity contribution in [2.45, 2.75) is 12.3 Å². The lowest BCUT2D eigenvalue weighted by Gasteiger charge is -2.39. The summed E-state index contributed by atoms with van der Waals surface area (Å²) in [5.74, 6) is -2.82. The zero-order valence-electron chi connectivity index (χ0n) is 12.6. The number of carbonyl (C=O) groups is 1. The van der Waals surface area contributed by atoms with Gasteiger partial charge in [-0.2, -0.15) is 13.2 Å². The van der Waals surface area contributed by atoms with Gasteiger partial charge in [0.05, 0.1) is 13.1 Å². The van der Waals surface area contributed by atoms with Crippen molar-refractivity contribution in [1.29, 1.82) is 0 Å². The lowest BCUT2D eigenvalue weighted by Crippen LogP contribution is -2.56. The van der Waals surface area contributed by atoms with Gasteiger partial charge in [0.1, 0.15) is 34.7 Å². The van der Waals surface area contributed by atoms with Crippen LogP contribution in [0.25, 0.3) is 0 Å². The fourth-order valence-electron chi connectivity index (χ4n) is 2.37. The smallest absolute Gasteiger partial charge is 0.433 e. The maximum absolute atomic E-state index is 13.6. The van der Waals surface area contributed by atoms with E-state index in [9.17, 15) is 26.7 Å². The first-order valence-corrected chi connectivity index (χ1v) is 7.19. The molecular formula is C16H11F5N2O2. The molecule has 2 heterocycles. The normalized spacial score (nSPS) is 15.0. The number of alkyl halides is 3. The summed E-state index contributed by atoms with van der Waals surface area (Å²) in [7, 11) is 0. The van der Waals surface area contributed by atoms with Crippen LogP contribution in [0, 0.1) is 11.6 Å². The summed E-state index contributed by atoms with van der Waals surface area (Å²) in [6.07, 6.45) is -4.19. The van der Waals surface area contributed by atoms with Crippen LogP contribution in [0.1, 0.15) is 16.1 Å². The van der Waals surface area contributed by atoms with Gasteiger partial charge in [0.25, 0.3) is 5.91 Å². The van der Waals surface area contributed by atoms with E-state index < -0.39 is 41.1 Å². The van der Waals surface area contributed by atoms with Gasteiger partial charge in [-0.3, -0.25) is 9.78 Å². The van der Waals surface area contributed by atoms with Crippen molar-refractivity contribution in [3.8, 4) is 5.75 Å². The number of likely N-dealkylation sites (tertiary alicyclic amines) is 1. The Hall–Kier alpha value is -2.71. The zero-order valence-corrected chi connectivity index (χ0v) is 12.6. The number of ether oxygens (including phenoxy) is 1. The number of amides is 1. The fraction of sp³-hybridized carbons (Fsp3) is 0.250. The maximum atomic E-state index is 13.6. The van der Waals surface area contributed by atoms with Crippen LogP contribution in [-0.4, -0.2) is 35.0 Å². The van der Waals surface area contributed by atoms with Crippen LogP contribution in [0.15, 0.2) is 36.5 Å². The Morgan fingerprint density at radius 3 is 2.40 bits per heavy atom. The van der Waals surface area contributed by atoms with Gasteiger partial charge in [-0.05, 0) is 18.2 Å². The molecule has 25 heavy (non-hydrogen) atoms. The number of nitrogens with zero attached hydrogens (tertiary/aromatic N) is 2. The second-order valence-corrected chi connectivity index (χ2v) is 5.42. The Balaban J connectivity index is 1.63. The van der Waals surface area contributed by atoms with E-state index in [0.717, 1.165) is 35.4 Å². The number of pyridine rings is 1. The van der Waals surface area contributed by atoms with Crippen molar-refractivity contribution in [1.82, 2.24) is 9.88 Å². The van der Waals surface area contributed by atoms with Crippen molar-refractivity contribution >= 4 is 5.91 Å².